The van der Waals surface area contributed by atoms with Crippen molar-refractivity contribution in [3.8, 4) is 0 Å². The molecular weight excluding hydrogens is 232 g/mol. The second kappa shape index (κ2) is 5.71. The third-order valence-electron chi connectivity index (χ3n) is 2.96. The van der Waals surface area contributed by atoms with Crippen molar-refractivity contribution in [3.63, 3.8) is 0 Å². The predicted molar refractivity (Wildman–Crippen MR) is 67.9 cm³/mol. The van der Waals surface area contributed by atoms with Gasteiger partial charge in [-0.3, -0.25) is 9.59 Å². The molecule has 5 nitrogen and oxygen atoms in total. The first kappa shape index (κ1) is 14.3. The van der Waals surface area contributed by atoms with Crippen LogP contribution in [0.4, 0.5) is 0 Å². The van der Waals surface area contributed by atoms with Crippen LogP contribution in [0.3, 0.4) is 0 Å². The van der Waals surface area contributed by atoms with E-state index in [1.165, 1.54) is 7.11 Å². The average Bonchev–Trinajstić information content (AvgIpc) is 2.86. The number of hydrogen-bond acceptors (Lipinski definition) is 3. The summed E-state index contributed by atoms with van der Waals surface area (Å²) in [5, 5.41) is 0. The predicted octanol–water partition coefficient (Wildman–Crippen LogP) is 1.21. The van der Waals surface area contributed by atoms with Crippen LogP contribution in [0.2, 0.25) is 0 Å². The van der Waals surface area contributed by atoms with Gasteiger partial charge in [0, 0.05) is 31.9 Å². The number of aromatic amines is 1. The normalized spacial score (nSPS) is 11.1. The summed E-state index contributed by atoms with van der Waals surface area (Å²) in [5.74, 6) is -0.750. The Hall–Kier alpha value is -1.78. The molecule has 0 bridgehead atoms. The van der Waals surface area contributed by atoms with Crippen molar-refractivity contribution in [2.45, 2.75) is 20.3 Å². The van der Waals surface area contributed by atoms with Gasteiger partial charge in [0.1, 0.15) is 5.41 Å². The van der Waals surface area contributed by atoms with Crippen LogP contribution >= 0.6 is 0 Å². The second-order valence-electron chi connectivity index (χ2n) is 4.79. The number of amides is 1. The number of aromatic nitrogens is 1. The third-order valence-corrected chi connectivity index (χ3v) is 2.96. The van der Waals surface area contributed by atoms with Crippen LogP contribution in [-0.2, 0) is 20.7 Å². The molecule has 0 aliphatic heterocycles. The van der Waals surface area contributed by atoms with E-state index < -0.39 is 11.4 Å². The van der Waals surface area contributed by atoms with Crippen molar-refractivity contribution >= 4 is 11.9 Å². The Morgan fingerprint density at radius 1 is 1.44 bits per heavy atom. The monoisotopic (exact) mass is 252 g/mol. The maximum atomic E-state index is 12.1. The molecule has 1 aromatic rings. The van der Waals surface area contributed by atoms with Crippen LogP contribution in [0.1, 0.15) is 19.5 Å². The highest BCUT2D eigenvalue weighted by Gasteiger charge is 2.39. The number of esters is 1. The van der Waals surface area contributed by atoms with Gasteiger partial charge >= 0.3 is 5.97 Å². The van der Waals surface area contributed by atoms with Gasteiger partial charge in [-0.25, -0.2) is 0 Å². The largest absolute Gasteiger partial charge is 0.468 e. The van der Waals surface area contributed by atoms with Crippen molar-refractivity contribution < 1.29 is 14.3 Å². The lowest BCUT2D eigenvalue weighted by Crippen LogP contribution is -2.44. The molecule has 0 atom stereocenters. The van der Waals surface area contributed by atoms with Crippen molar-refractivity contribution in [2.24, 2.45) is 5.41 Å². The average molecular weight is 252 g/mol. The number of carbonyl (C=O) groups is 2. The SMILES string of the molecule is COC(=O)C(C)(C)C(=O)N(C)CCc1ccc[nH]1. The van der Waals surface area contributed by atoms with Gasteiger partial charge in [0.25, 0.3) is 0 Å². The zero-order chi connectivity index (χ0) is 13.8. The first-order valence-corrected chi connectivity index (χ1v) is 5.86. The Kier molecular flexibility index (Phi) is 4.53. The number of H-pyrrole nitrogens is 1. The molecule has 5 heteroatoms. The Bertz CT molecular complexity index is 410. The molecule has 0 saturated carbocycles. The van der Waals surface area contributed by atoms with Crippen LogP contribution in [0.15, 0.2) is 18.3 Å². The van der Waals surface area contributed by atoms with E-state index in [9.17, 15) is 9.59 Å². The fraction of sp³-hybridized carbons (Fsp3) is 0.538. The number of ether oxygens (including phenoxy) is 1. The molecule has 0 saturated heterocycles. The van der Waals surface area contributed by atoms with Gasteiger partial charge in [0.05, 0.1) is 7.11 Å². The number of hydrogen-bond donors (Lipinski definition) is 1. The molecule has 0 spiro atoms. The van der Waals surface area contributed by atoms with Crippen molar-refractivity contribution in [1.29, 1.82) is 0 Å². The van der Waals surface area contributed by atoms with E-state index in [1.54, 1.807) is 25.8 Å². The summed E-state index contributed by atoms with van der Waals surface area (Å²) in [6.45, 7) is 3.71. The topological polar surface area (TPSA) is 62.4 Å². The third kappa shape index (κ3) is 3.12. The Labute approximate surface area is 107 Å². The minimum absolute atomic E-state index is 0.235. The number of rotatable bonds is 5. The summed E-state index contributed by atoms with van der Waals surface area (Å²) >= 11 is 0. The molecular formula is C13H20N2O3. The number of nitrogens with one attached hydrogen (secondary N) is 1. The molecule has 0 aliphatic carbocycles. The van der Waals surface area contributed by atoms with E-state index in [1.807, 2.05) is 18.3 Å². The number of nitrogens with zero attached hydrogens (tertiary/aromatic N) is 1. The second-order valence-corrected chi connectivity index (χ2v) is 4.79. The lowest BCUT2D eigenvalue weighted by Gasteiger charge is -2.27. The lowest BCUT2D eigenvalue weighted by molar-refractivity contribution is -0.160. The fourth-order valence-electron chi connectivity index (χ4n) is 1.73. The molecule has 1 aromatic heterocycles. The summed E-state index contributed by atoms with van der Waals surface area (Å²) in [6, 6.07) is 3.87. The molecule has 1 N–H and O–H groups in total. The van der Waals surface area contributed by atoms with E-state index in [4.69, 9.17) is 0 Å². The molecule has 18 heavy (non-hydrogen) atoms. The molecule has 0 radical (unpaired) electrons. The minimum atomic E-state index is -1.14. The first-order chi connectivity index (χ1) is 8.39. The van der Waals surface area contributed by atoms with E-state index in [0.29, 0.717) is 6.54 Å². The first-order valence-electron chi connectivity index (χ1n) is 5.86. The highest BCUT2D eigenvalue weighted by atomic mass is 16.5. The van der Waals surface area contributed by atoms with Crippen LogP contribution in [0.25, 0.3) is 0 Å². The van der Waals surface area contributed by atoms with E-state index in [0.717, 1.165) is 12.1 Å². The van der Waals surface area contributed by atoms with E-state index >= 15 is 0 Å². The van der Waals surface area contributed by atoms with Crippen molar-refractivity contribution in [2.75, 3.05) is 20.7 Å². The van der Waals surface area contributed by atoms with Crippen LogP contribution in [0, 0.1) is 5.41 Å². The molecule has 0 fully saturated rings. The quantitative estimate of drug-likeness (QED) is 0.633. The highest BCUT2D eigenvalue weighted by molar-refractivity contribution is 6.01. The van der Waals surface area contributed by atoms with Gasteiger partial charge in [-0.15, -0.1) is 0 Å². The van der Waals surface area contributed by atoms with Crippen LogP contribution in [0.5, 0.6) is 0 Å². The van der Waals surface area contributed by atoms with E-state index in [-0.39, 0.29) is 5.91 Å². The van der Waals surface area contributed by atoms with Crippen LogP contribution in [-0.4, -0.2) is 42.5 Å². The smallest absolute Gasteiger partial charge is 0.320 e. The lowest BCUT2D eigenvalue weighted by atomic mass is 9.92. The van der Waals surface area contributed by atoms with Gasteiger partial charge in [-0.2, -0.15) is 0 Å². The summed E-state index contributed by atoms with van der Waals surface area (Å²) in [6.07, 6.45) is 2.57. The van der Waals surface area contributed by atoms with Crippen LogP contribution < -0.4 is 0 Å². The van der Waals surface area contributed by atoms with Gasteiger partial charge in [-0.05, 0) is 26.0 Å². The number of likely N-dealkylation sites (N-methyl/N-ethyl adjacent to an activating group) is 1. The molecule has 0 aliphatic rings. The van der Waals surface area contributed by atoms with E-state index in [2.05, 4.69) is 9.72 Å². The van der Waals surface area contributed by atoms with Crippen molar-refractivity contribution in [3.05, 3.63) is 24.0 Å². The summed E-state index contributed by atoms with van der Waals surface area (Å²) < 4.78 is 4.64. The summed E-state index contributed by atoms with van der Waals surface area (Å²) in [5.41, 5.74) is -0.0790. The highest BCUT2D eigenvalue weighted by Crippen LogP contribution is 2.20. The number of carbonyl (C=O) groups excluding carboxylic acids is 2. The van der Waals surface area contributed by atoms with Gasteiger partial charge in [0.15, 0.2) is 0 Å². The summed E-state index contributed by atoms with van der Waals surface area (Å²) in [4.78, 5) is 28.3. The molecule has 0 aromatic carbocycles. The standard InChI is InChI=1S/C13H20N2O3/c1-13(2,12(17)18-4)11(16)15(3)9-7-10-6-5-8-14-10/h5-6,8,14H,7,9H2,1-4H3. The Morgan fingerprint density at radius 2 is 2.11 bits per heavy atom. The maximum absolute atomic E-state index is 12.1. The molecule has 100 valence electrons. The molecule has 0 unspecified atom stereocenters. The number of methoxy groups -OCH3 is 1. The maximum Gasteiger partial charge on any atom is 0.320 e. The molecule has 1 amide bonds. The van der Waals surface area contributed by atoms with Gasteiger partial charge < -0.3 is 14.6 Å². The molecule has 1 heterocycles. The zero-order valence-corrected chi connectivity index (χ0v) is 11.3. The Balaban J connectivity index is 2.58. The zero-order valence-electron chi connectivity index (χ0n) is 11.3. The van der Waals surface area contributed by atoms with Gasteiger partial charge in [0.2, 0.25) is 5.91 Å². The molecule has 1 rings (SSSR count). The van der Waals surface area contributed by atoms with Crippen molar-refractivity contribution in [1.82, 2.24) is 9.88 Å². The fourth-order valence-corrected chi connectivity index (χ4v) is 1.73. The summed E-state index contributed by atoms with van der Waals surface area (Å²) in [7, 11) is 2.98. The minimum Gasteiger partial charge on any atom is -0.468 e. The van der Waals surface area contributed by atoms with Gasteiger partial charge in [-0.1, -0.05) is 0 Å². The Morgan fingerprint density at radius 3 is 2.61 bits per heavy atom.